The predicted molar refractivity (Wildman–Crippen MR) is 98.7 cm³/mol. The van der Waals surface area contributed by atoms with Gasteiger partial charge < -0.3 is 9.80 Å². The molecule has 0 bridgehead atoms. The molecule has 0 spiro atoms. The number of aryl methyl sites for hydroxylation is 2. The molecule has 1 aliphatic rings. The van der Waals surface area contributed by atoms with Crippen molar-refractivity contribution in [3.8, 4) is 0 Å². The highest BCUT2D eigenvalue weighted by Crippen LogP contribution is 2.28. The summed E-state index contributed by atoms with van der Waals surface area (Å²) in [5, 5.41) is 4.35. The van der Waals surface area contributed by atoms with Gasteiger partial charge in [0, 0.05) is 58.5 Å². The lowest BCUT2D eigenvalue weighted by Crippen LogP contribution is -2.39. The second-order valence-electron chi connectivity index (χ2n) is 6.99. The van der Waals surface area contributed by atoms with Gasteiger partial charge in [-0.25, -0.2) is 4.98 Å². The van der Waals surface area contributed by atoms with E-state index >= 15 is 0 Å². The second-order valence-corrected chi connectivity index (χ2v) is 6.99. The summed E-state index contributed by atoms with van der Waals surface area (Å²) in [6.07, 6.45) is 6.48. The Bertz CT molecular complexity index is 724. The van der Waals surface area contributed by atoms with Crippen molar-refractivity contribution in [2.75, 3.05) is 32.1 Å². The van der Waals surface area contributed by atoms with Crippen LogP contribution in [0.3, 0.4) is 0 Å². The minimum atomic E-state index is 0.222. The average molecular weight is 341 g/mol. The van der Waals surface area contributed by atoms with Crippen LogP contribution in [-0.2, 0) is 11.3 Å². The summed E-state index contributed by atoms with van der Waals surface area (Å²) in [5.41, 5.74) is 2.26. The molecule has 1 aliphatic heterocycles. The topological polar surface area (TPSA) is 54.3 Å². The van der Waals surface area contributed by atoms with E-state index in [2.05, 4.69) is 22.2 Å². The summed E-state index contributed by atoms with van der Waals surface area (Å²) in [4.78, 5) is 21.0. The Kier molecular flexibility index (Phi) is 5.36. The number of likely N-dealkylation sites (tertiary alicyclic amines) is 1. The number of pyridine rings is 1. The van der Waals surface area contributed by atoms with Gasteiger partial charge in [0.05, 0.1) is 5.69 Å². The molecule has 2 aromatic heterocycles. The molecule has 1 amide bonds. The maximum atomic E-state index is 12.6. The fraction of sp³-hybridized carbons (Fsp3) is 0.526. The summed E-state index contributed by atoms with van der Waals surface area (Å²) in [7, 11) is 4.00. The van der Waals surface area contributed by atoms with E-state index in [1.807, 2.05) is 54.0 Å². The van der Waals surface area contributed by atoms with Crippen molar-refractivity contribution in [2.45, 2.75) is 38.6 Å². The lowest BCUT2D eigenvalue weighted by molar-refractivity contribution is -0.132. The van der Waals surface area contributed by atoms with E-state index in [9.17, 15) is 4.79 Å². The number of nitrogens with zero attached hydrogens (tertiary/aromatic N) is 5. The Morgan fingerprint density at radius 2 is 2.20 bits per heavy atom. The van der Waals surface area contributed by atoms with Crippen molar-refractivity contribution in [1.29, 1.82) is 0 Å². The Balaban J connectivity index is 1.60. The second kappa shape index (κ2) is 7.68. The summed E-state index contributed by atoms with van der Waals surface area (Å²) in [5.74, 6) is 1.58. The number of anilines is 1. The van der Waals surface area contributed by atoms with E-state index < -0.39 is 0 Å². The normalized spacial score (nSPS) is 17.6. The van der Waals surface area contributed by atoms with Crippen LogP contribution in [0.4, 0.5) is 5.82 Å². The van der Waals surface area contributed by atoms with Gasteiger partial charge in [-0.15, -0.1) is 0 Å². The molecule has 3 rings (SSSR count). The van der Waals surface area contributed by atoms with Gasteiger partial charge in [0.2, 0.25) is 5.91 Å². The fourth-order valence-corrected chi connectivity index (χ4v) is 3.36. The van der Waals surface area contributed by atoms with E-state index in [0.717, 1.165) is 37.4 Å². The maximum absolute atomic E-state index is 12.6. The van der Waals surface area contributed by atoms with Crippen LogP contribution in [-0.4, -0.2) is 52.8 Å². The van der Waals surface area contributed by atoms with Crippen LogP contribution >= 0.6 is 0 Å². The SMILES string of the molecule is Cc1ccn(CCC(=O)N2CCC[C@@H](c3ccnc(N(C)C)c3)C2)n1. The third kappa shape index (κ3) is 4.38. The van der Waals surface area contributed by atoms with Crippen LogP contribution in [0.25, 0.3) is 0 Å². The smallest absolute Gasteiger partial charge is 0.224 e. The first-order valence-corrected chi connectivity index (χ1v) is 8.94. The zero-order valence-electron chi connectivity index (χ0n) is 15.4. The number of aromatic nitrogens is 3. The van der Waals surface area contributed by atoms with E-state index in [-0.39, 0.29) is 5.91 Å². The van der Waals surface area contributed by atoms with Gasteiger partial charge in [-0.2, -0.15) is 5.10 Å². The van der Waals surface area contributed by atoms with Crippen molar-refractivity contribution in [3.05, 3.63) is 41.9 Å². The molecular formula is C19H27N5O. The maximum Gasteiger partial charge on any atom is 0.224 e. The van der Waals surface area contributed by atoms with Crippen molar-refractivity contribution < 1.29 is 4.79 Å². The third-order valence-electron chi connectivity index (χ3n) is 4.80. The van der Waals surface area contributed by atoms with Crippen molar-refractivity contribution in [1.82, 2.24) is 19.7 Å². The number of rotatable bonds is 5. The highest BCUT2D eigenvalue weighted by molar-refractivity contribution is 5.76. The molecule has 0 radical (unpaired) electrons. The molecule has 0 N–H and O–H groups in total. The van der Waals surface area contributed by atoms with Crippen LogP contribution in [0.2, 0.25) is 0 Å². The number of hydrogen-bond donors (Lipinski definition) is 0. The van der Waals surface area contributed by atoms with Crippen LogP contribution in [0, 0.1) is 6.92 Å². The molecule has 3 heterocycles. The van der Waals surface area contributed by atoms with Crippen LogP contribution < -0.4 is 4.90 Å². The minimum absolute atomic E-state index is 0.222. The molecule has 0 aliphatic carbocycles. The lowest BCUT2D eigenvalue weighted by atomic mass is 9.91. The van der Waals surface area contributed by atoms with Gasteiger partial charge in [0.15, 0.2) is 0 Å². The Hall–Kier alpha value is -2.37. The molecule has 6 nitrogen and oxygen atoms in total. The number of amides is 1. The highest BCUT2D eigenvalue weighted by atomic mass is 16.2. The predicted octanol–water partition coefficient (Wildman–Crippen LogP) is 2.45. The average Bonchev–Trinajstić information content (AvgIpc) is 3.05. The quantitative estimate of drug-likeness (QED) is 0.838. The molecule has 1 fully saturated rings. The first kappa shape index (κ1) is 17.5. The fourth-order valence-electron chi connectivity index (χ4n) is 3.36. The molecule has 1 saturated heterocycles. The number of piperidine rings is 1. The third-order valence-corrected chi connectivity index (χ3v) is 4.80. The zero-order valence-corrected chi connectivity index (χ0v) is 15.4. The number of carbonyl (C=O) groups is 1. The summed E-state index contributed by atoms with van der Waals surface area (Å²) in [6.45, 7) is 4.27. The molecule has 2 aromatic rings. The standard InChI is InChI=1S/C19H27N5O/c1-15-7-11-24(21-15)12-8-19(25)23-10-4-5-17(14-23)16-6-9-20-18(13-16)22(2)3/h6-7,9,11,13,17H,4-5,8,10,12,14H2,1-3H3/t17-/m1/s1. The van der Waals surface area contributed by atoms with E-state index in [4.69, 9.17) is 0 Å². The minimum Gasteiger partial charge on any atom is -0.363 e. The molecule has 25 heavy (non-hydrogen) atoms. The summed E-state index contributed by atoms with van der Waals surface area (Å²) >= 11 is 0. The first-order chi connectivity index (χ1) is 12.0. The van der Waals surface area contributed by atoms with E-state index in [1.54, 1.807) is 0 Å². The van der Waals surface area contributed by atoms with Crippen LogP contribution in [0.1, 0.15) is 36.4 Å². The zero-order chi connectivity index (χ0) is 17.8. The first-order valence-electron chi connectivity index (χ1n) is 8.94. The molecule has 0 aromatic carbocycles. The number of hydrogen-bond acceptors (Lipinski definition) is 4. The van der Waals surface area contributed by atoms with Crippen molar-refractivity contribution in [2.24, 2.45) is 0 Å². The Morgan fingerprint density at radius 1 is 1.36 bits per heavy atom. The lowest BCUT2D eigenvalue weighted by Gasteiger charge is -2.33. The van der Waals surface area contributed by atoms with Gasteiger partial charge in [0.1, 0.15) is 5.82 Å². The Labute approximate surface area is 149 Å². The molecule has 0 unspecified atom stereocenters. The van der Waals surface area contributed by atoms with Crippen molar-refractivity contribution in [3.63, 3.8) is 0 Å². The van der Waals surface area contributed by atoms with E-state index in [1.165, 1.54) is 5.56 Å². The Morgan fingerprint density at radius 3 is 2.92 bits per heavy atom. The van der Waals surface area contributed by atoms with Gasteiger partial charge in [-0.05, 0) is 43.5 Å². The van der Waals surface area contributed by atoms with Crippen molar-refractivity contribution >= 4 is 11.7 Å². The monoisotopic (exact) mass is 341 g/mol. The van der Waals surface area contributed by atoms with E-state index in [0.29, 0.717) is 18.9 Å². The molecular weight excluding hydrogens is 314 g/mol. The summed E-state index contributed by atoms with van der Waals surface area (Å²) < 4.78 is 1.85. The van der Waals surface area contributed by atoms with Crippen LogP contribution in [0.15, 0.2) is 30.6 Å². The van der Waals surface area contributed by atoms with Gasteiger partial charge in [-0.3, -0.25) is 9.48 Å². The molecule has 6 heteroatoms. The summed E-state index contributed by atoms with van der Waals surface area (Å²) in [6, 6.07) is 6.19. The van der Waals surface area contributed by atoms with Crippen LogP contribution in [0.5, 0.6) is 0 Å². The largest absolute Gasteiger partial charge is 0.363 e. The van der Waals surface area contributed by atoms with Gasteiger partial charge >= 0.3 is 0 Å². The van der Waals surface area contributed by atoms with Gasteiger partial charge in [-0.1, -0.05) is 0 Å². The van der Waals surface area contributed by atoms with Gasteiger partial charge in [0.25, 0.3) is 0 Å². The highest BCUT2D eigenvalue weighted by Gasteiger charge is 2.25. The molecule has 1 atom stereocenters. The number of carbonyl (C=O) groups excluding carboxylic acids is 1. The molecule has 134 valence electrons. The molecule has 0 saturated carbocycles.